The van der Waals surface area contributed by atoms with E-state index in [-0.39, 0.29) is 34.8 Å². The highest BCUT2D eigenvalue weighted by Crippen LogP contribution is 2.45. The van der Waals surface area contributed by atoms with Gasteiger partial charge in [0.2, 0.25) is 0 Å². The lowest BCUT2D eigenvalue weighted by atomic mass is 9.71. The summed E-state index contributed by atoms with van der Waals surface area (Å²) in [5.41, 5.74) is -0.289. The molecule has 3 aromatic rings. The topological polar surface area (TPSA) is 97.0 Å². The number of alkyl halides is 1. The van der Waals surface area contributed by atoms with Gasteiger partial charge in [0.1, 0.15) is 11.9 Å². The number of phenolic OH excluding ortho intramolecular Hbond substituents is 1. The van der Waals surface area contributed by atoms with Crippen molar-refractivity contribution in [3.8, 4) is 28.4 Å². The van der Waals surface area contributed by atoms with Gasteiger partial charge < -0.3 is 10.0 Å². The van der Waals surface area contributed by atoms with Gasteiger partial charge >= 0.3 is 5.69 Å². The number of halogens is 2. The van der Waals surface area contributed by atoms with Gasteiger partial charge in [-0.1, -0.05) is 39.7 Å². The number of anilines is 1. The summed E-state index contributed by atoms with van der Waals surface area (Å²) in [6.45, 7) is 6.35. The van der Waals surface area contributed by atoms with Gasteiger partial charge in [0, 0.05) is 30.1 Å². The first-order valence-electron chi connectivity index (χ1n) is 13.8. The predicted octanol–water partition coefficient (Wildman–Crippen LogP) is 5.45. The van der Waals surface area contributed by atoms with E-state index in [0.717, 1.165) is 55.6 Å². The molecule has 10 heteroatoms. The van der Waals surface area contributed by atoms with Crippen molar-refractivity contribution in [3.63, 3.8) is 0 Å². The van der Waals surface area contributed by atoms with Crippen LogP contribution in [0.1, 0.15) is 65.7 Å². The molecular formula is C29H36F2N6O2. The molecule has 0 aliphatic heterocycles. The molecule has 0 amide bonds. The van der Waals surface area contributed by atoms with Crippen LogP contribution in [0.2, 0.25) is 0 Å². The molecule has 39 heavy (non-hydrogen) atoms. The lowest BCUT2D eigenvalue weighted by Crippen LogP contribution is -2.51. The third kappa shape index (κ3) is 5.38. The molecule has 0 spiro atoms. The molecule has 0 radical (unpaired) electrons. The van der Waals surface area contributed by atoms with Crippen LogP contribution >= 0.6 is 0 Å². The van der Waals surface area contributed by atoms with Gasteiger partial charge in [0.25, 0.3) is 0 Å². The highest BCUT2D eigenvalue weighted by molar-refractivity contribution is 5.71. The van der Waals surface area contributed by atoms with Crippen molar-refractivity contribution in [1.82, 2.24) is 24.7 Å². The second-order valence-corrected chi connectivity index (χ2v) is 11.5. The van der Waals surface area contributed by atoms with Crippen LogP contribution in [0.5, 0.6) is 5.75 Å². The number of rotatable bonds is 6. The monoisotopic (exact) mass is 538 g/mol. The van der Waals surface area contributed by atoms with Crippen molar-refractivity contribution in [2.24, 2.45) is 18.4 Å². The number of phenols is 1. The summed E-state index contributed by atoms with van der Waals surface area (Å²) in [5.74, 6) is 0.295. The second-order valence-electron chi connectivity index (χ2n) is 11.5. The Bertz CT molecular complexity index is 1390. The molecule has 1 N–H and O–H groups in total. The molecule has 2 aromatic heterocycles. The SMILES string of the molecule is CC[C@]1(C)CCCC(C)C[C@H](N(c2cnc(-c3ccc(-c4cc(F)n(C)c(=O)n4)cc3O)nn2)C2CC2)[C@@H]1F. The Balaban J connectivity index is 1.43. The maximum absolute atomic E-state index is 16.3. The molecule has 2 fully saturated rings. The Morgan fingerprint density at radius 2 is 1.97 bits per heavy atom. The Morgan fingerprint density at radius 1 is 1.21 bits per heavy atom. The van der Waals surface area contributed by atoms with Gasteiger partial charge in [0.15, 0.2) is 17.6 Å². The molecule has 2 heterocycles. The molecule has 2 aliphatic rings. The molecule has 0 saturated heterocycles. The Morgan fingerprint density at radius 3 is 2.59 bits per heavy atom. The van der Waals surface area contributed by atoms with E-state index in [1.807, 2.05) is 0 Å². The fourth-order valence-corrected chi connectivity index (χ4v) is 5.76. The van der Waals surface area contributed by atoms with Crippen LogP contribution in [-0.4, -0.2) is 48.1 Å². The molecule has 2 saturated carbocycles. The molecule has 208 valence electrons. The second kappa shape index (κ2) is 10.6. The van der Waals surface area contributed by atoms with Crippen LogP contribution in [-0.2, 0) is 7.05 Å². The third-order valence-corrected chi connectivity index (χ3v) is 8.63. The van der Waals surface area contributed by atoms with Crippen LogP contribution in [0.4, 0.5) is 14.6 Å². The largest absolute Gasteiger partial charge is 0.507 e. The minimum Gasteiger partial charge on any atom is -0.507 e. The summed E-state index contributed by atoms with van der Waals surface area (Å²) in [5, 5.41) is 19.5. The van der Waals surface area contributed by atoms with E-state index in [9.17, 15) is 14.3 Å². The van der Waals surface area contributed by atoms with E-state index < -0.39 is 17.8 Å². The normalized spacial score (nSPS) is 25.6. The molecular weight excluding hydrogens is 502 g/mol. The van der Waals surface area contributed by atoms with Gasteiger partial charge in [-0.3, -0.25) is 4.57 Å². The van der Waals surface area contributed by atoms with Crippen LogP contribution < -0.4 is 10.6 Å². The van der Waals surface area contributed by atoms with Crippen molar-refractivity contribution in [3.05, 3.63) is 46.9 Å². The summed E-state index contributed by atoms with van der Waals surface area (Å²) >= 11 is 0. The lowest BCUT2D eigenvalue weighted by molar-refractivity contribution is 0.0577. The van der Waals surface area contributed by atoms with Crippen molar-refractivity contribution >= 4 is 5.82 Å². The third-order valence-electron chi connectivity index (χ3n) is 8.63. The number of hydrogen-bond acceptors (Lipinski definition) is 7. The van der Waals surface area contributed by atoms with Crippen molar-refractivity contribution < 1.29 is 13.9 Å². The van der Waals surface area contributed by atoms with E-state index in [1.54, 1.807) is 18.3 Å². The maximum Gasteiger partial charge on any atom is 0.350 e. The molecule has 1 aromatic carbocycles. The number of aromatic hydroxyl groups is 1. The molecule has 8 nitrogen and oxygen atoms in total. The van der Waals surface area contributed by atoms with Crippen LogP contribution in [0, 0.1) is 17.3 Å². The lowest BCUT2D eigenvalue weighted by Gasteiger charge is -2.45. The zero-order valence-electron chi connectivity index (χ0n) is 22.9. The fraction of sp³-hybridized carbons (Fsp3) is 0.552. The minimum atomic E-state index is -0.989. The standard InChI is InChI=1S/C29H36F2N6O2/c1-5-29(3)12-6-7-17(2)13-22(26(29)31)37(19-9-10-19)25-16-32-27(35-34-25)20-11-8-18(14-23(20)38)21-15-24(30)36(4)28(39)33-21/h8,11,14-17,19,22,26,38H,5-7,9-10,12-13H2,1-4H3/t17?,22-,26-,29+/m0/s1. The van der Waals surface area contributed by atoms with E-state index in [2.05, 4.69) is 45.8 Å². The number of hydrogen-bond donors (Lipinski definition) is 1. The first-order valence-corrected chi connectivity index (χ1v) is 13.8. The summed E-state index contributed by atoms with van der Waals surface area (Å²) in [6, 6.07) is 5.64. The highest BCUT2D eigenvalue weighted by Gasteiger charge is 2.46. The molecule has 2 aliphatic carbocycles. The Kier molecular flexibility index (Phi) is 7.39. The quantitative estimate of drug-likeness (QED) is 0.417. The number of benzene rings is 1. The first-order chi connectivity index (χ1) is 18.6. The summed E-state index contributed by atoms with van der Waals surface area (Å²) in [4.78, 5) is 22.4. The van der Waals surface area contributed by atoms with Crippen molar-refractivity contribution in [2.45, 2.75) is 84.0 Å². The molecule has 4 atom stereocenters. The Labute approximate surface area is 227 Å². The van der Waals surface area contributed by atoms with Gasteiger partial charge in [0.05, 0.1) is 23.5 Å². The zero-order valence-corrected chi connectivity index (χ0v) is 22.9. The van der Waals surface area contributed by atoms with E-state index in [1.165, 1.54) is 13.1 Å². The van der Waals surface area contributed by atoms with Crippen LogP contribution in [0.3, 0.4) is 0 Å². The van der Waals surface area contributed by atoms with E-state index >= 15 is 4.39 Å². The average molecular weight is 539 g/mol. The van der Waals surface area contributed by atoms with E-state index in [4.69, 9.17) is 0 Å². The minimum absolute atomic E-state index is 0.111. The summed E-state index contributed by atoms with van der Waals surface area (Å²) in [6.07, 6.45) is 7.17. The van der Waals surface area contributed by atoms with Crippen LogP contribution in [0.25, 0.3) is 22.6 Å². The summed E-state index contributed by atoms with van der Waals surface area (Å²) < 4.78 is 31.1. The molecule has 0 bridgehead atoms. The van der Waals surface area contributed by atoms with Crippen molar-refractivity contribution in [1.29, 1.82) is 0 Å². The zero-order chi connectivity index (χ0) is 27.9. The fourth-order valence-electron chi connectivity index (χ4n) is 5.76. The molecule has 1 unspecified atom stereocenters. The van der Waals surface area contributed by atoms with E-state index in [0.29, 0.717) is 22.9 Å². The first kappa shape index (κ1) is 27.1. The van der Waals surface area contributed by atoms with Gasteiger partial charge in [-0.15, -0.1) is 10.2 Å². The Hall–Kier alpha value is -3.43. The maximum atomic E-state index is 16.3. The number of aromatic nitrogens is 5. The highest BCUT2D eigenvalue weighted by atomic mass is 19.1. The van der Waals surface area contributed by atoms with Gasteiger partial charge in [-0.2, -0.15) is 9.37 Å². The van der Waals surface area contributed by atoms with Gasteiger partial charge in [-0.25, -0.2) is 14.2 Å². The van der Waals surface area contributed by atoms with Gasteiger partial charge in [-0.05, 0) is 50.2 Å². The predicted molar refractivity (Wildman–Crippen MR) is 146 cm³/mol. The average Bonchev–Trinajstić information content (AvgIpc) is 3.75. The molecule has 5 rings (SSSR count). The number of nitrogens with zero attached hydrogens (tertiary/aromatic N) is 6. The smallest absolute Gasteiger partial charge is 0.350 e. The van der Waals surface area contributed by atoms with Crippen LogP contribution in [0.15, 0.2) is 35.3 Å². The van der Waals surface area contributed by atoms with Crippen molar-refractivity contribution in [2.75, 3.05) is 4.90 Å². The summed E-state index contributed by atoms with van der Waals surface area (Å²) in [7, 11) is 1.29.